The van der Waals surface area contributed by atoms with Crippen LogP contribution in [0.2, 0.25) is 0 Å². The zero-order valence-electron chi connectivity index (χ0n) is 11.6. The maximum Gasteiger partial charge on any atom is 0.225 e. The summed E-state index contributed by atoms with van der Waals surface area (Å²) in [4.78, 5) is 14.2. The topological polar surface area (TPSA) is 58.4 Å². The lowest BCUT2D eigenvalue weighted by Gasteiger charge is -2.19. The standard InChI is InChI=1S/C15H23N3O/c1-2-18(11-12-7-8-12)10-9-15(19)17-14-6-4-3-5-13(14)16/h3-6,12H,2,7-11,16H2,1H3,(H,17,19). The largest absolute Gasteiger partial charge is 0.397 e. The van der Waals surface area contributed by atoms with Crippen molar-refractivity contribution in [2.24, 2.45) is 5.92 Å². The van der Waals surface area contributed by atoms with Crippen molar-refractivity contribution in [1.29, 1.82) is 0 Å². The lowest BCUT2D eigenvalue weighted by Crippen LogP contribution is -2.29. The number of nitrogens with zero attached hydrogens (tertiary/aromatic N) is 1. The van der Waals surface area contributed by atoms with Crippen LogP contribution in [0.1, 0.15) is 26.2 Å². The fraction of sp³-hybridized carbons (Fsp3) is 0.533. The third-order valence-corrected chi connectivity index (χ3v) is 3.55. The molecule has 4 nitrogen and oxygen atoms in total. The average Bonchev–Trinajstić information content (AvgIpc) is 3.21. The van der Waals surface area contributed by atoms with Gasteiger partial charge in [-0.25, -0.2) is 0 Å². The second-order valence-electron chi connectivity index (χ2n) is 5.22. The van der Waals surface area contributed by atoms with E-state index in [4.69, 9.17) is 5.73 Å². The number of hydrogen-bond acceptors (Lipinski definition) is 3. The zero-order chi connectivity index (χ0) is 13.7. The highest BCUT2D eigenvalue weighted by Crippen LogP contribution is 2.29. The molecule has 0 atom stereocenters. The summed E-state index contributed by atoms with van der Waals surface area (Å²) in [5.74, 6) is 0.903. The molecule has 1 amide bonds. The fourth-order valence-corrected chi connectivity index (χ4v) is 2.13. The number of nitrogens with one attached hydrogen (secondary N) is 1. The van der Waals surface area contributed by atoms with Gasteiger partial charge in [-0.3, -0.25) is 4.79 Å². The van der Waals surface area contributed by atoms with Gasteiger partial charge in [0.25, 0.3) is 0 Å². The highest BCUT2D eigenvalue weighted by molar-refractivity contribution is 5.93. The molecule has 0 saturated heterocycles. The van der Waals surface area contributed by atoms with Crippen molar-refractivity contribution in [2.75, 3.05) is 30.7 Å². The molecule has 0 bridgehead atoms. The molecule has 19 heavy (non-hydrogen) atoms. The van der Waals surface area contributed by atoms with E-state index in [0.29, 0.717) is 17.8 Å². The summed E-state index contributed by atoms with van der Waals surface area (Å²) in [5, 5.41) is 2.87. The van der Waals surface area contributed by atoms with Gasteiger partial charge in [0.05, 0.1) is 11.4 Å². The Morgan fingerprint density at radius 2 is 2.16 bits per heavy atom. The van der Waals surface area contributed by atoms with E-state index in [1.54, 1.807) is 6.07 Å². The predicted octanol–water partition coefficient (Wildman–Crippen LogP) is 2.33. The molecule has 0 heterocycles. The SMILES string of the molecule is CCN(CCC(=O)Nc1ccccc1N)CC1CC1. The van der Waals surface area contributed by atoms with Crippen LogP contribution in [0.5, 0.6) is 0 Å². The quantitative estimate of drug-likeness (QED) is 0.741. The Balaban J connectivity index is 1.75. The molecule has 0 radical (unpaired) electrons. The number of para-hydroxylation sites is 2. The van der Waals surface area contributed by atoms with Crippen LogP contribution in [-0.2, 0) is 4.79 Å². The molecule has 1 fully saturated rings. The van der Waals surface area contributed by atoms with Gasteiger partial charge in [0.1, 0.15) is 0 Å². The lowest BCUT2D eigenvalue weighted by molar-refractivity contribution is -0.116. The van der Waals surface area contributed by atoms with Gasteiger partial charge in [-0.15, -0.1) is 0 Å². The summed E-state index contributed by atoms with van der Waals surface area (Å²) in [5.41, 5.74) is 7.12. The van der Waals surface area contributed by atoms with E-state index >= 15 is 0 Å². The van der Waals surface area contributed by atoms with Gasteiger partial charge in [-0.2, -0.15) is 0 Å². The first-order chi connectivity index (χ1) is 9.19. The summed E-state index contributed by atoms with van der Waals surface area (Å²) >= 11 is 0. The molecule has 1 aromatic carbocycles. The van der Waals surface area contributed by atoms with Crippen molar-refractivity contribution < 1.29 is 4.79 Å². The first-order valence-electron chi connectivity index (χ1n) is 7.05. The minimum absolute atomic E-state index is 0.0344. The van der Waals surface area contributed by atoms with Crippen LogP contribution in [-0.4, -0.2) is 30.4 Å². The smallest absolute Gasteiger partial charge is 0.225 e. The van der Waals surface area contributed by atoms with Crippen LogP contribution in [0.15, 0.2) is 24.3 Å². The maximum atomic E-state index is 11.9. The van der Waals surface area contributed by atoms with Crippen molar-refractivity contribution in [1.82, 2.24) is 4.90 Å². The van der Waals surface area contributed by atoms with E-state index in [-0.39, 0.29) is 5.91 Å². The molecule has 1 saturated carbocycles. The van der Waals surface area contributed by atoms with Crippen molar-refractivity contribution in [3.8, 4) is 0 Å². The van der Waals surface area contributed by atoms with Gasteiger partial charge < -0.3 is 16.0 Å². The van der Waals surface area contributed by atoms with E-state index in [0.717, 1.165) is 25.6 Å². The number of nitrogen functional groups attached to an aromatic ring is 1. The Hall–Kier alpha value is -1.55. The third-order valence-electron chi connectivity index (χ3n) is 3.55. The van der Waals surface area contributed by atoms with Crippen LogP contribution in [0.25, 0.3) is 0 Å². The van der Waals surface area contributed by atoms with Crippen LogP contribution in [0.3, 0.4) is 0 Å². The summed E-state index contributed by atoms with van der Waals surface area (Å²) in [6.07, 6.45) is 3.22. The molecular weight excluding hydrogens is 238 g/mol. The number of nitrogens with two attached hydrogens (primary N) is 1. The molecule has 2 rings (SSSR count). The first-order valence-corrected chi connectivity index (χ1v) is 7.05. The van der Waals surface area contributed by atoms with E-state index in [1.807, 2.05) is 18.2 Å². The van der Waals surface area contributed by atoms with Crippen LogP contribution < -0.4 is 11.1 Å². The number of amides is 1. The van der Waals surface area contributed by atoms with Gasteiger partial charge in [0.2, 0.25) is 5.91 Å². The molecule has 1 aliphatic carbocycles. The third kappa shape index (κ3) is 4.56. The van der Waals surface area contributed by atoms with Crippen molar-refractivity contribution in [3.05, 3.63) is 24.3 Å². The Morgan fingerprint density at radius 3 is 2.79 bits per heavy atom. The molecule has 0 aromatic heterocycles. The number of rotatable bonds is 7. The minimum Gasteiger partial charge on any atom is -0.397 e. The molecule has 104 valence electrons. The average molecular weight is 261 g/mol. The number of carbonyl (C=O) groups excluding carboxylic acids is 1. The second kappa shape index (κ2) is 6.57. The van der Waals surface area contributed by atoms with Crippen molar-refractivity contribution in [2.45, 2.75) is 26.2 Å². The number of anilines is 2. The Labute approximate surface area is 115 Å². The fourth-order valence-electron chi connectivity index (χ4n) is 2.13. The normalized spacial score (nSPS) is 14.6. The van der Waals surface area contributed by atoms with E-state index in [2.05, 4.69) is 17.1 Å². The highest BCUT2D eigenvalue weighted by atomic mass is 16.1. The molecule has 1 aromatic rings. The Bertz CT molecular complexity index is 429. The molecule has 4 heteroatoms. The van der Waals surface area contributed by atoms with E-state index in [1.165, 1.54) is 12.8 Å². The first kappa shape index (κ1) is 13.9. The van der Waals surface area contributed by atoms with Crippen LogP contribution >= 0.6 is 0 Å². The lowest BCUT2D eigenvalue weighted by atomic mass is 10.2. The molecule has 3 N–H and O–H groups in total. The zero-order valence-corrected chi connectivity index (χ0v) is 11.6. The minimum atomic E-state index is 0.0344. The van der Waals surface area contributed by atoms with Crippen molar-refractivity contribution in [3.63, 3.8) is 0 Å². The van der Waals surface area contributed by atoms with Crippen LogP contribution in [0, 0.1) is 5.92 Å². The van der Waals surface area contributed by atoms with Gasteiger partial charge in [-0.05, 0) is 37.4 Å². The van der Waals surface area contributed by atoms with Gasteiger partial charge >= 0.3 is 0 Å². The van der Waals surface area contributed by atoms with Gasteiger partial charge in [0.15, 0.2) is 0 Å². The summed E-state index contributed by atoms with van der Waals surface area (Å²) in [6.45, 7) is 5.12. The molecule has 1 aliphatic rings. The Kier molecular flexibility index (Phi) is 4.80. The van der Waals surface area contributed by atoms with Gasteiger partial charge in [0, 0.05) is 19.5 Å². The second-order valence-corrected chi connectivity index (χ2v) is 5.22. The summed E-state index contributed by atoms with van der Waals surface area (Å²) in [6, 6.07) is 7.35. The predicted molar refractivity (Wildman–Crippen MR) is 78.9 cm³/mol. The maximum absolute atomic E-state index is 11.9. The van der Waals surface area contributed by atoms with Crippen LogP contribution in [0.4, 0.5) is 11.4 Å². The monoisotopic (exact) mass is 261 g/mol. The molecule has 0 aliphatic heterocycles. The van der Waals surface area contributed by atoms with Crippen molar-refractivity contribution >= 4 is 17.3 Å². The number of carbonyl (C=O) groups is 1. The summed E-state index contributed by atoms with van der Waals surface area (Å²) < 4.78 is 0. The number of hydrogen-bond donors (Lipinski definition) is 2. The number of benzene rings is 1. The van der Waals surface area contributed by atoms with E-state index in [9.17, 15) is 4.79 Å². The molecule has 0 spiro atoms. The highest BCUT2D eigenvalue weighted by Gasteiger charge is 2.23. The van der Waals surface area contributed by atoms with E-state index < -0.39 is 0 Å². The molecule has 0 unspecified atom stereocenters. The molecular formula is C15H23N3O. The van der Waals surface area contributed by atoms with Gasteiger partial charge in [-0.1, -0.05) is 19.1 Å². The Morgan fingerprint density at radius 1 is 1.42 bits per heavy atom. The summed E-state index contributed by atoms with van der Waals surface area (Å²) in [7, 11) is 0.